The lowest BCUT2D eigenvalue weighted by molar-refractivity contribution is 0.876. The molecule has 0 fully saturated rings. The largest absolute Gasteiger partial charge is 0.240 e. The van der Waals surface area contributed by atoms with Gasteiger partial charge in [-0.2, -0.15) is 10.4 Å². The number of alkyl halides is 1. The fourth-order valence-electron chi connectivity index (χ4n) is 1.37. The van der Waals surface area contributed by atoms with Crippen molar-refractivity contribution in [3.05, 3.63) is 47.8 Å². The summed E-state index contributed by atoms with van der Waals surface area (Å²) >= 11 is 3.36. The molecule has 0 amide bonds. The highest BCUT2D eigenvalue weighted by atomic mass is 79.9. The monoisotopic (exact) mass is 261 g/mol. The van der Waals surface area contributed by atoms with Crippen molar-refractivity contribution >= 4 is 15.9 Å². The molecule has 1 heterocycles. The Bertz CT molecular complexity index is 497. The predicted octanol–water partition coefficient (Wildman–Crippen LogP) is 2.64. The summed E-state index contributed by atoms with van der Waals surface area (Å²) in [7, 11) is 0. The van der Waals surface area contributed by atoms with E-state index in [9.17, 15) is 0 Å². The van der Waals surface area contributed by atoms with Crippen LogP contribution < -0.4 is 0 Å². The van der Waals surface area contributed by atoms with Gasteiger partial charge in [-0.1, -0.05) is 22.0 Å². The van der Waals surface area contributed by atoms with E-state index in [4.69, 9.17) is 5.26 Å². The minimum absolute atomic E-state index is 0.635. The number of hydrogen-bond acceptors (Lipinski definition) is 2. The standard InChI is InChI=1S/C11H8BrN3/c12-7-9-2-3-11(10(6-9)8-13)15-5-1-4-14-15/h1-6H,7H2. The second kappa shape index (κ2) is 4.28. The van der Waals surface area contributed by atoms with Crippen molar-refractivity contribution in [3.63, 3.8) is 0 Å². The highest BCUT2D eigenvalue weighted by molar-refractivity contribution is 9.08. The number of benzene rings is 1. The van der Waals surface area contributed by atoms with Crippen LogP contribution in [-0.4, -0.2) is 9.78 Å². The van der Waals surface area contributed by atoms with E-state index in [1.807, 2.05) is 30.5 Å². The van der Waals surface area contributed by atoms with Gasteiger partial charge in [0, 0.05) is 17.7 Å². The molecule has 0 unspecified atom stereocenters. The van der Waals surface area contributed by atoms with Crippen molar-refractivity contribution < 1.29 is 0 Å². The first-order valence-corrected chi connectivity index (χ1v) is 5.56. The highest BCUT2D eigenvalue weighted by Crippen LogP contribution is 2.16. The van der Waals surface area contributed by atoms with Crippen LogP contribution in [0, 0.1) is 11.3 Å². The van der Waals surface area contributed by atoms with E-state index in [0.717, 1.165) is 16.6 Å². The van der Waals surface area contributed by atoms with Crippen molar-refractivity contribution in [1.82, 2.24) is 9.78 Å². The summed E-state index contributed by atoms with van der Waals surface area (Å²) in [6.45, 7) is 0. The summed E-state index contributed by atoms with van der Waals surface area (Å²) in [4.78, 5) is 0. The van der Waals surface area contributed by atoms with Gasteiger partial charge >= 0.3 is 0 Å². The van der Waals surface area contributed by atoms with E-state index in [1.165, 1.54) is 0 Å². The molecule has 0 N–H and O–H groups in total. The van der Waals surface area contributed by atoms with E-state index in [1.54, 1.807) is 10.9 Å². The average molecular weight is 262 g/mol. The highest BCUT2D eigenvalue weighted by Gasteiger charge is 2.04. The second-order valence-electron chi connectivity index (χ2n) is 3.05. The Hall–Kier alpha value is -1.60. The molecule has 0 radical (unpaired) electrons. The number of halogens is 1. The first-order chi connectivity index (χ1) is 7.35. The molecule has 0 atom stereocenters. The van der Waals surface area contributed by atoms with Gasteiger partial charge in [-0.3, -0.25) is 0 Å². The number of nitrogens with zero attached hydrogens (tertiary/aromatic N) is 3. The fourth-order valence-corrected chi connectivity index (χ4v) is 1.72. The molecular formula is C11H8BrN3. The van der Waals surface area contributed by atoms with Crippen LogP contribution in [0.3, 0.4) is 0 Å². The molecule has 0 saturated heterocycles. The Morgan fingerprint density at radius 2 is 2.33 bits per heavy atom. The van der Waals surface area contributed by atoms with E-state index < -0.39 is 0 Å². The molecule has 4 heteroatoms. The van der Waals surface area contributed by atoms with Crippen LogP contribution in [0.1, 0.15) is 11.1 Å². The summed E-state index contributed by atoms with van der Waals surface area (Å²) in [6, 6.07) is 9.76. The van der Waals surface area contributed by atoms with Gasteiger partial charge in [0.15, 0.2) is 0 Å². The minimum atomic E-state index is 0.635. The van der Waals surface area contributed by atoms with Crippen LogP contribution in [0.5, 0.6) is 0 Å². The van der Waals surface area contributed by atoms with Crippen molar-refractivity contribution in [2.24, 2.45) is 0 Å². The minimum Gasteiger partial charge on any atom is -0.240 e. The number of rotatable bonds is 2. The summed E-state index contributed by atoms with van der Waals surface area (Å²) < 4.78 is 1.69. The number of nitriles is 1. The average Bonchev–Trinajstić information content (AvgIpc) is 2.81. The van der Waals surface area contributed by atoms with E-state index in [2.05, 4.69) is 27.1 Å². The maximum atomic E-state index is 9.03. The summed E-state index contributed by atoms with van der Waals surface area (Å²) in [5, 5.41) is 13.9. The molecule has 2 rings (SSSR count). The van der Waals surface area contributed by atoms with Crippen molar-refractivity contribution in [2.75, 3.05) is 0 Å². The lowest BCUT2D eigenvalue weighted by Crippen LogP contribution is -1.98. The second-order valence-corrected chi connectivity index (χ2v) is 3.61. The number of hydrogen-bond donors (Lipinski definition) is 0. The molecule has 0 spiro atoms. The molecule has 0 bridgehead atoms. The van der Waals surface area contributed by atoms with Gasteiger partial charge in [0.05, 0.1) is 11.3 Å². The third-order valence-electron chi connectivity index (χ3n) is 2.09. The first kappa shape index (κ1) is 9.94. The summed E-state index contributed by atoms with van der Waals surface area (Å²) in [6.07, 6.45) is 3.52. The van der Waals surface area contributed by atoms with Crippen molar-refractivity contribution in [1.29, 1.82) is 5.26 Å². The van der Waals surface area contributed by atoms with Gasteiger partial charge in [0.2, 0.25) is 0 Å². The van der Waals surface area contributed by atoms with Crippen LogP contribution in [0.4, 0.5) is 0 Å². The fraction of sp³-hybridized carbons (Fsp3) is 0.0909. The molecule has 0 aliphatic heterocycles. The van der Waals surface area contributed by atoms with Gasteiger partial charge in [-0.05, 0) is 23.8 Å². The van der Waals surface area contributed by atoms with Gasteiger partial charge in [0.25, 0.3) is 0 Å². The summed E-state index contributed by atoms with van der Waals surface area (Å²) in [5.41, 5.74) is 2.53. The lowest BCUT2D eigenvalue weighted by Gasteiger charge is -2.05. The third kappa shape index (κ3) is 1.92. The van der Waals surface area contributed by atoms with Crippen LogP contribution in [0.15, 0.2) is 36.7 Å². The Balaban J connectivity index is 2.54. The molecule has 0 aliphatic carbocycles. The molecule has 2 aromatic rings. The zero-order chi connectivity index (χ0) is 10.7. The normalized spacial score (nSPS) is 9.87. The predicted molar refractivity (Wildman–Crippen MR) is 60.9 cm³/mol. The van der Waals surface area contributed by atoms with Gasteiger partial charge in [-0.15, -0.1) is 0 Å². The van der Waals surface area contributed by atoms with E-state index >= 15 is 0 Å². The maximum Gasteiger partial charge on any atom is 0.101 e. The Morgan fingerprint density at radius 3 is 2.93 bits per heavy atom. The molecule has 15 heavy (non-hydrogen) atoms. The Morgan fingerprint density at radius 1 is 1.47 bits per heavy atom. The summed E-state index contributed by atoms with van der Waals surface area (Å²) in [5.74, 6) is 0. The maximum absolute atomic E-state index is 9.03. The smallest absolute Gasteiger partial charge is 0.101 e. The topological polar surface area (TPSA) is 41.6 Å². The van der Waals surface area contributed by atoms with Crippen LogP contribution >= 0.6 is 15.9 Å². The molecule has 1 aromatic carbocycles. The molecule has 74 valence electrons. The van der Waals surface area contributed by atoms with Crippen LogP contribution in [0.25, 0.3) is 5.69 Å². The van der Waals surface area contributed by atoms with Gasteiger partial charge in [-0.25, -0.2) is 4.68 Å². The van der Waals surface area contributed by atoms with Crippen molar-refractivity contribution in [2.45, 2.75) is 5.33 Å². The molecule has 1 aromatic heterocycles. The molecule has 0 saturated carbocycles. The van der Waals surface area contributed by atoms with Gasteiger partial charge in [0.1, 0.15) is 6.07 Å². The molecule has 3 nitrogen and oxygen atoms in total. The molecular weight excluding hydrogens is 254 g/mol. The van der Waals surface area contributed by atoms with Crippen molar-refractivity contribution in [3.8, 4) is 11.8 Å². The SMILES string of the molecule is N#Cc1cc(CBr)ccc1-n1cccn1. The zero-order valence-corrected chi connectivity index (χ0v) is 9.48. The Kier molecular flexibility index (Phi) is 2.84. The third-order valence-corrected chi connectivity index (χ3v) is 2.73. The van der Waals surface area contributed by atoms with E-state index in [-0.39, 0.29) is 0 Å². The number of aromatic nitrogens is 2. The van der Waals surface area contributed by atoms with Gasteiger partial charge < -0.3 is 0 Å². The van der Waals surface area contributed by atoms with Crippen LogP contribution in [-0.2, 0) is 5.33 Å². The van der Waals surface area contributed by atoms with Crippen LogP contribution in [0.2, 0.25) is 0 Å². The lowest BCUT2D eigenvalue weighted by atomic mass is 10.1. The molecule has 0 aliphatic rings. The quantitative estimate of drug-likeness (QED) is 0.780. The first-order valence-electron chi connectivity index (χ1n) is 4.44. The Labute approximate surface area is 96.1 Å². The zero-order valence-electron chi connectivity index (χ0n) is 7.89. The van der Waals surface area contributed by atoms with E-state index in [0.29, 0.717) is 5.56 Å².